The Morgan fingerprint density at radius 1 is 0.871 bits per heavy atom. The van der Waals surface area contributed by atoms with E-state index in [1.807, 2.05) is 50.2 Å². The number of para-hydroxylation sites is 1. The van der Waals surface area contributed by atoms with E-state index in [2.05, 4.69) is 46.8 Å². The van der Waals surface area contributed by atoms with Crippen LogP contribution < -0.4 is 38.8 Å². The van der Waals surface area contributed by atoms with E-state index in [9.17, 15) is 27.7 Å². The van der Waals surface area contributed by atoms with Gasteiger partial charge in [-0.1, -0.05) is 24.3 Å². The van der Waals surface area contributed by atoms with Crippen LogP contribution in [0.2, 0.25) is 0 Å². The molecule has 1 spiro atoms. The van der Waals surface area contributed by atoms with E-state index in [-0.39, 0.29) is 77.6 Å². The van der Waals surface area contributed by atoms with Gasteiger partial charge in [0.1, 0.15) is 29.8 Å². The fourth-order valence-electron chi connectivity index (χ4n) is 14.7. The molecular weight excluding hydrogens is 1120 g/mol. The molecule has 14 rings (SSSR count). The minimum absolute atomic E-state index is 0.00760. The second-order valence-corrected chi connectivity index (χ2v) is 26.0. The second kappa shape index (κ2) is 22.2. The highest BCUT2D eigenvalue weighted by Crippen LogP contribution is 2.55. The normalized spacial score (nSPS) is 24.4. The van der Waals surface area contributed by atoms with Crippen molar-refractivity contribution in [2.75, 3.05) is 87.5 Å². The molecular formula is C62H69F2N9O11S. The third kappa shape index (κ3) is 10.3. The molecule has 85 heavy (non-hydrogen) atoms. The van der Waals surface area contributed by atoms with Crippen molar-refractivity contribution in [1.29, 1.82) is 0 Å². The predicted molar refractivity (Wildman–Crippen MR) is 312 cm³/mol. The van der Waals surface area contributed by atoms with Crippen LogP contribution in [0.3, 0.4) is 0 Å². The Morgan fingerprint density at radius 2 is 1.68 bits per heavy atom. The molecule has 0 radical (unpaired) electrons. The summed E-state index contributed by atoms with van der Waals surface area (Å²) in [6.45, 7) is 10.1. The summed E-state index contributed by atoms with van der Waals surface area (Å²) in [4.78, 5) is 43.9. The average Bonchev–Trinajstić information content (AvgIpc) is 2.61. The van der Waals surface area contributed by atoms with Crippen molar-refractivity contribution in [3.8, 4) is 23.1 Å². The van der Waals surface area contributed by atoms with Gasteiger partial charge in [0, 0.05) is 112 Å². The molecule has 3 N–H and O–H groups in total. The number of anilines is 4. The van der Waals surface area contributed by atoms with Crippen LogP contribution in [-0.4, -0.2) is 142 Å². The highest BCUT2D eigenvalue weighted by atomic mass is 32.2. The van der Waals surface area contributed by atoms with Gasteiger partial charge >= 0.3 is 0 Å². The molecule has 0 bridgehead atoms. The van der Waals surface area contributed by atoms with Crippen LogP contribution in [0, 0.1) is 33.1 Å². The molecule has 20 nitrogen and oxygen atoms in total. The van der Waals surface area contributed by atoms with Crippen molar-refractivity contribution in [2.45, 2.75) is 113 Å². The molecule has 23 heteroatoms. The maximum atomic E-state index is 15.1. The Bertz CT molecular complexity index is 3680. The number of fused-ring (bicyclic) bond motifs is 5. The maximum Gasteiger partial charge on any atom is 0.297 e. The van der Waals surface area contributed by atoms with Gasteiger partial charge in [-0.25, -0.2) is 17.5 Å². The van der Waals surface area contributed by atoms with Crippen LogP contribution in [0.4, 0.5) is 37.2 Å². The van der Waals surface area contributed by atoms with Crippen molar-refractivity contribution >= 4 is 55.4 Å². The first-order valence-electron chi connectivity index (χ1n) is 29.8. The predicted octanol–water partition coefficient (Wildman–Crippen LogP) is 9.57. The standard InChI is InChI=1S/C62H69F2N9O11S/c1-36(2)83-53-6-4-3-5-42(53)52-33-70(47-15-26-81-58-43(47)9-10-45(63)56(58)64)21-22-71(52)40-31-62(32-40)16-19-69(20-17-62)39-7-8-44(49(28-39)72-48-14-25-80-35-55(48)84-61-51(72)27-38-11-18-65-59(38)67-61)60(74)68-85(77,78)41-29-50(73(75)76)57-54(30-41)82-34-46(66-57)37-12-23-79-24-13-37/h3-11,18,27-30,36-37,40,46-48,52,55,66H,12-17,19-26,31-35H2,1-2H3,(H,65,67)(H,68,74)/t46-,47+,48-,52-,55-/m0/s1. The van der Waals surface area contributed by atoms with Gasteiger partial charge in [-0.3, -0.25) is 24.7 Å². The van der Waals surface area contributed by atoms with Gasteiger partial charge in [-0.05, 0) is 113 Å². The number of nitro benzene ring substituents is 1. The van der Waals surface area contributed by atoms with Gasteiger partial charge in [-0.2, -0.15) is 9.37 Å². The summed E-state index contributed by atoms with van der Waals surface area (Å²) >= 11 is 0. The van der Waals surface area contributed by atoms with Crippen molar-refractivity contribution in [3.63, 3.8) is 0 Å². The molecule has 1 saturated carbocycles. The lowest BCUT2D eigenvalue weighted by Crippen LogP contribution is -2.60. The number of rotatable bonds is 12. The molecule has 6 aromatic rings. The smallest absolute Gasteiger partial charge is 0.297 e. The van der Waals surface area contributed by atoms with Crippen LogP contribution >= 0.6 is 0 Å². The Kier molecular flexibility index (Phi) is 14.5. The zero-order valence-electron chi connectivity index (χ0n) is 47.5. The van der Waals surface area contributed by atoms with Crippen LogP contribution in [-0.2, 0) is 19.5 Å². The van der Waals surface area contributed by atoms with E-state index < -0.39 is 49.2 Å². The number of pyridine rings is 1. The summed E-state index contributed by atoms with van der Waals surface area (Å²) in [5.74, 6) is -1.43. The highest BCUT2D eigenvalue weighted by molar-refractivity contribution is 7.90. The molecule has 5 atom stereocenters. The largest absolute Gasteiger partial charge is 0.491 e. The Balaban J connectivity index is 0.739. The first kappa shape index (κ1) is 55.6. The number of piperidine rings is 1. The van der Waals surface area contributed by atoms with E-state index in [1.165, 1.54) is 12.1 Å². The number of carbonyl (C=O) groups is 1. The molecule has 8 aliphatic rings. The second-order valence-electron chi connectivity index (χ2n) is 24.3. The average molecular weight is 1190 g/mol. The molecule has 1 amide bonds. The van der Waals surface area contributed by atoms with Crippen LogP contribution in [0.25, 0.3) is 11.0 Å². The van der Waals surface area contributed by atoms with E-state index in [4.69, 9.17) is 33.4 Å². The number of aromatic amines is 1. The maximum absolute atomic E-state index is 15.1. The van der Waals surface area contributed by atoms with Gasteiger partial charge in [0.05, 0.1) is 58.5 Å². The van der Waals surface area contributed by atoms with E-state index in [0.29, 0.717) is 80.3 Å². The zero-order chi connectivity index (χ0) is 58.3. The number of hydrogen-bond acceptors (Lipinski definition) is 17. The number of hydrogen-bond donors (Lipinski definition) is 3. The minimum atomic E-state index is -4.74. The minimum Gasteiger partial charge on any atom is -0.491 e. The number of amides is 1. The van der Waals surface area contributed by atoms with E-state index in [1.54, 1.807) is 18.3 Å². The van der Waals surface area contributed by atoms with Crippen molar-refractivity contribution in [1.82, 2.24) is 24.5 Å². The van der Waals surface area contributed by atoms with Crippen molar-refractivity contribution < 1.29 is 55.3 Å². The third-order valence-electron chi connectivity index (χ3n) is 19.1. The Morgan fingerprint density at radius 3 is 2.49 bits per heavy atom. The molecule has 2 aromatic heterocycles. The summed E-state index contributed by atoms with van der Waals surface area (Å²) in [7, 11) is -4.74. The van der Waals surface area contributed by atoms with Gasteiger partial charge in [0.2, 0.25) is 11.7 Å². The summed E-state index contributed by atoms with van der Waals surface area (Å²) in [6, 6.07) is 22.3. The molecule has 0 unspecified atom stereocenters. The number of aromatic nitrogens is 2. The molecule has 448 valence electrons. The molecule has 7 aliphatic heterocycles. The quantitative estimate of drug-likeness (QED) is 0.0768. The third-order valence-corrected chi connectivity index (χ3v) is 20.4. The van der Waals surface area contributed by atoms with Gasteiger partial charge in [-0.15, -0.1) is 0 Å². The van der Waals surface area contributed by atoms with Gasteiger partial charge < -0.3 is 48.5 Å². The monoisotopic (exact) mass is 1190 g/mol. The van der Waals surface area contributed by atoms with Crippen molar-refractivity contribution in [2.24, 2.45) is 11.3 Å². The number of halogens is 2. The number of ether oxygens (including phenoxy) is 6. The first-order valence-corrected chi connectivity index (χ1v) is 31.3. The Labute approximate surface area is 491 Å². The number of H-pyrrole nitrogens is 1. The summed E-state index contributed by atoms with van der Waals surface area (Å²) < 4.78 is 97.1. The molecule has 5 fully saturated rings. The number of nitrogens with zero attached hydrogens (tertiary/aromatic N) is 6. The lowest BCUT2D eigenvalue weighted by Gasteiger charge is -2.59. The van der Waals surface area contributed by atoms with Crippen LogP contribution in [0.1, 0.15) is 98.8 Å². The highest BCUT2D eigenvalue weighted by Gasteiger charge is 2.51. The van der Waals surface area contributed by atoms with Gasteiger partial charge in [0.15, 0.2) is 23.0 Å². The van der Waals surface area contributed by atoms with Crippen LogP contribution in [0.15, 0.2) is 90.0 Å². The van der Waals surface area contributed by atoms with Crippen molar-refractivity contribution in [3.05, 3.63) is 123 Å². The molecule has 4 aromatic carbocycles. The number of nitrogens with one attached hydrogen (secondary N) is 3. The molecule has 1 aliphatic carbocycles. The number of piperazine rings is 1. The van der Waals surface area contributed by atoms with Gasteiger partial charge in [0.25, 0.3) is 21.6 Å². The summed E-state index contributed by atoms with van der Waals surface area (Å²) in [6.07, 6.45) is 7.86. The SMILES string of the molecule is CC(C)Oc1ccccc1[C@@H]1CN([C@@H]2CCOc3c2ccc(F)c3F)CCN1C1CC2(CCN(c3ccc(C(=O)NS(=O)(=O)c4cc5c(c([N+](=O)[O-])c4)N[C@H](C4CCOCC4)CO5)c(N4c5cc6cc[nH]c6nc5O[C@H]5COCC[C@@H]54)c3)CC2)C1. The topological polar surface area (TPSA) is 215 Å². The number of benzene rings is 4. The molecule has 9 heterocycles. The fourth-order valence-corrected chi connectivity index (χ4v) is 15.7. The number of sulfonamides is 1. The lowest BCUT2D eigenvalue weighted by atomic mass is 9.59. The van der Waals surface area contributed by atoms with E-state index in [0.717, 1.165) is 93.2 Å². The summed E-state index contributed by atoms with van der Waals surface area (Å²) in [5, 5.41) is 16.7. The molecule has 4 saturated heterocycles. The first-order chi connectivity index (χ1) is 41.2. The Hall–Kier alpha value is -7.31. The zero-order valence-corrected chi connectivity index (χ0v) is 48.3. The number of carbonyl (C=O) groups excluding carboxylic acids is 1. The van der Waals surface area contributed by atoms with Crippen LogP contribution in [0.5, 0.6) is 23.1 Å². The lowest BCUT2D eigenvalue weighted by molar-refractivity contribution is -0.384. The fraction of sp³-hybridized carbons (Fsp3) is 0.484. The number of nitro groups is 1. The summed E-state index contributed by atoms with van der Waals surface area (Å²) in [5.41, 5.74) is 4.09. The van der Waals surface area contributed by atoms with E-state index >= 15 is 4.39 Å².